The first-order valence-corrected chi connectivity index (χ1v) is 7.38. The molecule has 1 aromatic rings. The predicted molar refractivity (Wildman–Crippen MR) is 76.1 cm³/mol. The Morgan fingerprint density at radius 2 is 1.90 bits per heavy atom. The summed E-state index contributed by atoms with van der Waals surface area (Å²) < 4.78 is 11.0. The van der Waals surface area contributed by atoms with E-state index in [-0.39, 0.29) is 5.91 Å². The van der Waals surface area contributed by atoms with Crippen LogP contribution in [0.4, 0.5) is 0 Å². The van der Waals surface area contributed by atoms with Crippen molar-refractivity contribution in [3.63, 3.8) is 0 Å². The molecule has 108 valence electrons. The molecule has 0 spiro atoms. The first-order valence-electron chi connectivity index (χ1n) is 7.38. The number of piperidine rings is 1. The Labute approximate surface area is 119 Å². The van der Waals surface area contributed by atoms with E-state index in [1.807, 2.05) is 23.1 Å². The van der Waals surface area contributed by atoms with Crippen LogP contribution in [0.25, 0.3) is 0 Å². The maximum absolute atomic E-state index is 12.3. The molecular formula is C16H21NO3. The van der Waals surface area contributed by atoms with Crippen LogP contribution in [0.2, 0.25) is 0 Å². The summed E-state index contributed by atoms with van der Waals surface area (Å²) in [4.78, 5) is 14.3. The number of likely N-dealkylation sites (tertiary alicyclic amines) is 1. The van der Waals surface area contributed by atoms with Crippen LogP contribution in [0, 0.1) is 5.92 Å². The van der Waals surface area contributed by atoms with Gasteiger partial charge in [-0.25, -0.2) is 0 Å². The van der Waals surface area contributed by atoms with Gasteiger partial charge in [0.25, 0.3) is 0 Å². The first-order chi connectivity index (χ1) is 9.72. The number of hydrogen-bond acceptors (Lipinski definition) is 3. The standard InChI is InChI=1S/C16H21NO3/c1-12-4-6-17(7-5-12)16(18)11-13-2-3-14-15(10-13)20-9-8-19-14/h2-3,10,12H,4-9,11H2,1H3. The molecule has 2 aliphatic heterocycles. The molecule has 4 nitrogen and oxygen atoms in total. The summed E-state index contributed by atoms with van der Waals surface area (Å²) in [6, 6.07) is 5.78. The molecule has 20 heavy (non-hydrogen) atoms. The molecular weight excluding hydrogens is 254 g/mol. The van der Waals surface area contributed by atoms with Gasteiger partial charge in [-0.2, -0.15) is 0 Å². The third-order valence-electron chi connectivity index (χ3n) is 4.10. The van der Waals surface area contributed by atoms with Gasteiger partial charge in [-0.1, -0.05) is 13.0 Å². The van der Waals surface area contributed by atoms with E-state index in [1.165, 1.54) is 0 Å². The van der Waals surface area contributed by atoms with E-state index in [9.17, 15) is 4.79 Å². The quantitative estimate of drug-likeness (QED) is 0.831. The predicted octanol–water partition coefficient (Wildman–Crippen LogP) is 2.26. The van der Waals surface area contributed by atoms with Crippen LogP contribution in [-0.2, 0) is 11.2 Å². The normalized spacial score (nSPS) is 18.9. The van der Waals surface area contributed by atoms with Gasteiger partial charge >= 0.3 is 0 Å². The number of carbonyl (C=O) groups is 1. The minimum atomic E-state index is 0.216. The van der Waals surface area contributed by atoms with Gasteiger partial charge in [0.15, 0.2) is 11.5 Å². The second-order valence-corrected chi connectivity index (χ2v) is 5.72. The number of nitrogens with zero attached hydrogens (tertiary/aromatic N) is 1. The van der Waals surface area contributed by atoms with E-state index in [0.29, 0.717) is 19.6 Å². The second kappa shape index (κ2) is 5.73. The van der Waals surface area contributed by atoms with E-state index in [0.717, 1.165) is 48.9 Å². The molecule has 0 bridgehead atoms. The van der Waals surface area contributed by atoms with Crippen molar-refractivity contribution in [1.29, 1.82) is 0 Å². The van der Waals surface area contributed by atoms with Gasteiger partial charge in [0.05, 0.1) is 6.42 Å². The van der Waals surface area contributed by atoms with Crippen LogP contribution in [0.5, 0.6) is 11.5 Å². The van der Waals surface area contributed by atoms with Crippen molar-refractivity contribution in [2.45, 2.75) is 26.2 Å². The van der Waals surface area contributed by atoms with Crippen molar-refractivity contribution in [1.82, 2.24) is 4.90 Å². The SMILES string of the molecule is CC1CCN(C(=O)Cc2ccc3c(c2)OCCO3)CC1. The molecule has 2 aliphatic rings. The van der Waals surface area contributed by atoms with E-state index in [2.05, 4.69) is 6.92 Å². The fourth-order valence-electron chi connectivity index (χ4n) is 2.74. The molecule has 0 aliphatic carbocycles. The fourth-order valence-corrected chi connectivity index (χ4v) is 2.74. The first kappa shape index (κ1) is 13.3. The Morgan fingerprint density at radius 3 is 2.65 bits per heavy atom. The van der Waals surface area contributed by atoms with Gasteiger partial charge < -0.3 is 14.4 Å². The van der Waals surface area contributed by atoms with E-state index < -0.39 is 0 Å². The number of amides is 1. The summed E-state index contributed by atoms with van der Waals surface area (Å²) >= 11 is 0. The number of ether oxygens (including phenoxy) is 2. The van der Waals surface area contributed by atoms with E-state index >= 15 is 0 Å². The zero-order valence-electron chi connectivity index (χ0n) is 11.9. The van der Waals surface area contributed by atoms with Crippen molar-refractivity contribution < 1.29 is 14.3 Å². The largest absolute Gasteiger partial charge is 0.486 e. The molecule has 1 saturated heterocycles. The lowest BCUT2D eigenvalue weighted by Gasteiger charge is -2.30. The molecule has 0 unspecified atom stereocenters. The molecule has 0 radical (unpaired) electrons. The Balaban J connectivity index is 1.64. The third-order valence-corrected chi connectivity index (χ3v) is 4.10. The molecule has 0 atom stereocenters. The Bertz CT molecular complexity index is 492. The van der Waals surface area contributed by atoms with Crippen molar-refractivity contribution >= 4 is 5.91 Å². The van der Waals surface area contributed by atoms with Gasteiger partial charge in [0.1, 0.15) is 13.2 Å². The highest BCUT2D eigenvalue weighted by atomic mass is 16.6. The minimum absolute atomic E-state index is 0.216. The number of rotatable bonds is 2. The highest BCUT2D eigenvalue weighted by Crippen LogP contribution is 2.31. The summed E-state index contributed by atoms with van der Waals surface area (Å²) in [7, 11) is 0. The number of fused-ring (bicyclic) bond motifs is 1. The van der Waals surface area contributed by atoms with Gasteiger partial charge in [-0.3, -0.25) is 4.79 Å². The summed E-state index contributed by atoms with van der Waals surface area (Å²) in [6.07, 6.45) is 2.69. The molecule has 1 fully saturated rings. The Morgan fingerprint density at radius 1 is 1.20 bits per heavy atom. The molecule has 0 aromatic heterocycles. The highest BCUT2D eigenvalue weighted by molar-refractivity contribution is 5.79. The minimum Gasteiger partial charge on any atom is -0.486 e. The topological polar surface area (TPSA) is 38.8 Å². The lowest BCUT2D eigenvalue weighted by atomic mass is 9.98. The smallest absolute Gasteiger partial charge is 0.226 e. The van der Waals surface area contributed by atoms with Crippen LogP contribution < -0.4 is 9.47 Å². The average Bonchev–Trinajstić information content (AvgIpc) is 2.48. The van der Waals surface area contributed by atoms with E-state index in [1.54, 1.807) is 0 Å². The molecule has 1 aromatic carbocycles. The summed E-state index contributed by atoms with van der Waals surface area (Å²) in [5.74, 6) is 2.50. The van der Waals surface area contributed by atoms with Crippen LogP contribution in [0.1, 0.15) is 25.3 Å². The monoisotopic (exact) mass is 275 g/mol. The lowest BCUT2D eigenvalue weighted by Crippen LogP contribution is -2.38. The molecule has 3 rings (SSSR count). The Hall–Kier alpha value is -1.71. The molecule has 2 heterocycles. The zero-order chi connectivity index (χ0) is 13.9. The van der Waals surface area contributed by atoms with Crippen LogP contribution in [0.3, 0.4) is 0 Å². The molecule has 4 heteroatoms. The van der Waals surface area contributed by atoms with Gasteiger partial charge in [-0.05, 0) is 36.5 Å². The Kier molecular flexibility index (Phi) is 3.81. The molecule has 0 N–H and O–H groups in total. The van der Waals surface area contributed by atoms with Crippen molar-refractivity contribution in [3.8, 4) is 11.5 Å². The number of benzene rings is 1. The van der Waals surface area contributed by atoms with Crippen LogP contribution >= 0.6 is 0 Å². The number of hydrogen-bond donors (Lipinski definition) is 0. The van der Waals surface area contributed by atoms with Crippen LogP contribution in [0.15, 0.2) is 18.2 Å². The highest BCUT2D eigenvalue weighted by Gasteiger charge is 2.21. The molecule has 0 saturated carbocycles. The maximum atomic E-state index is 12.3. The van der Waals surface area contributed by atoms with E-state index in [4.69, 9.17) is 9.47 Å². The maximum Gasteiger partial charge on any atom is 0.226 e. The van der Waals surface area contributed by atoms with Crippen LogP contribution in [-0.4, -0.2) is 37.1 Å². The second-order valence-electron chi connectivity index (χ2n) is 5.72. The lowest BCUT2D eigenvalue weighted by molar-refractivity contribution is -0.131. The summed E-state index contributed by atoms with van der Waals surface area (Å²) in [6.45, 7) is 5.21. The third kappa shape index (κ3) is 2.89. The zero-order valence-corrected chi connectivity index (χ0v) is 11.9. The summed E-state index contributed by atoms with van der Waals surface area (Å²) in [5, 5.41) is 0. The van der Waals surface area contributed by atoms with Crippen molar-refractivity contribution in [2.24, 2.45) is 5.92 Å². The van der Waals surface area contributed by atoms with Gasteiger partial charge in [-0.15, -0.1) is 0 Å². The number of carbonyl (C=O) groups excluding carboxylic acids is 1. The van der Waals surface area contributed by atoms with Gasteiger partial charge in [0, 0.05) is 13.1 Å². The molecule has 1 amide bonds. The average molecular weight is 275 g/mol. The van der Waals surface area contributed by atoms with Gasteiger partial charge in [0.2, 0.25) is 5.91 Å². The summed E-state index contributed by atoms with van der Waals surface area (Å²) in [5.41, 5.74) is 0.998. The fraction of sp³-hybridized carbons (Fsp3) is 0.562. The van der Waals surface area contributed by atoms with Crippen molar-refractivity contribution in [3.05, 3.63) is 23.8 Å². The van der Waals surface area contributed by atoms with Crippen molar-refractivity contribution in [2.75, 3.05) is 26.3 Å².